The molecule has 0 amide bonds. The van der Waals surface area contributed by atoms with E-state index in [0.29, 0.717) is 0 Å². The predicted octanol–water partition coefficient (Wildman–Crippen LogP) is -1.60. The molecule has 0 spiro atoms. The Balaban J connectivity index is 5.55. The van der Waals surface area contributed by atoms with Gasteiger partial charge >= 0.3 is 25.5 Å². The molecule has 15 heavy (non-hydrogen) atoms. The molecule has 0 atom stereocenters. The van der Waals surface area contributed by atoms with Crippen LogP contribution >= 0.6 is 7.60 Å². The zero-order valence-electron chi connectivity index (χ0n) is 7.02. The van der Waals surface area contributed by atoms with Gasteiger partial charge in [0.15, 0.2) is 0 Å². The summed E-state index contributed by atoms with van der Waals surface area (Å²) in [4.78, 5) is 48.3. The second kappa shape index (κ2) is 3.97. The molecule has 9 nitrogen and oxygen atoms in total. The van der Waals surface area contributed by atoms with E-state index in [0.717, 1.165) is 0 Å². The van der Waals surface area contributed by atoms with Crippen LogP contribution in [0.4, 0.5) is 0 Å². The van der Waals surface area contributed by atoms with Crippen molar-refractivity contribution in [3.05, 3.63) is 0 Å². The number of hydrogen-bond donors (Lipinski definition) is 5. The van der Waals surface area contributed by atoms with Crippen LogP contribution in [-0.4, -0.2) is 49.2 Å². The standard InChI is InChI=1S/C5H7O9P/c6-2(7)5(3(8)9,4(10)11)1-15(12,13)14/h1H2,(H,6,7)(H,8,9)(H,10,11)(H2,12,13,14). The van der Waals surface area contributed by atoms with Crippen LogP contribution in [0.2, 0.25) is 0 Å². The van der Waals surface area contributed by atoms with Gasteiger partial charge in [0.05, 0.1) is 6.16 Å². The summed E-state index contributed by atoms with van der Waals surface area (Å²) < 4.78 is 10.5. The lowest BCUT2D eigenvalue weighted by atomic mass is 9.91. The molecule has 0 aromatic rings. The van der Waals surface area contributed by atoms with Gasteiger partial charge in [-0.3, -0.25) is 18.9 Å². The van der Waals surface area contributed by atoms with E-state index in [9.17, 15) is 18.9 Å². The van der Waals surface area contributed by atoms with Crippen LogP contribution in [0, 0.1) is 5.41 Å². The minimum absolute atomic E-state index is 1.81. The lowest BCUT2D eigenvalue weighted by molar-refractivity contribution is -0.173. The molecule has 10 heteroatoms. The Morgan fingerprint density at radius 2 is 1.20 bits per heavy atom. The van der Waals surface area contributed by atoms with Gasteiger partial charge in [0.2, 0.25) is 0 Å². The van der Waals surface area contributed by atoms with Crippen LogP contribution in [0.3, 0.4) is 0 Å². The zero-order chi connectivity index (χ0) is 12.4. The lowest BCUT2D eigenvalue weighted by Crippen LogP contribution is -2.49. The van der Waals surface area contributed by atoms with Gasteiger partial charge in [0.25, 0.3) is 5.41 Å². The molecule has 5 N–H and O–H groups in total. The van der Waals surface area contributed by atoms with Crippen molar-refractivity contribution in [1.29, 1.82) is 0 Å². The molecule has 0 rings (SSSR count). The predicted molar refractivity (Wildman–Crippen MR) is 42.3 cm³/mol. The van der Waals surface area contributed by atoms with Crippen molar-refractivity contribution in [2.75, 3.05) is 6.16 Å². The average Bonchev–Trinajstić information content (AvgIpc) is 1.96. The fourth-order valence-electron chi connectivity index (χ4n) is 0.786. The number of aliphatic carboxylic acids is 3. The minimum Gasteiger partial charge on any atom is -0.480 e. The fourth-order valence-corrected chi connectivity index (χ4v) is 1.81. The third-order valence-electron chi connectivity index (χ3n) is 1.54. The maximum atomic E-state index is 10.5. The summed E-state index contributed by atoms with van der Waals surface area (Å²) in [6.45, 7) is 0. The van der Waals surface area contributed by atoms with Crippen molar-refractivity contribution in [3.63, 3.8) is 0 Å². The van der Waals surface area contributed by atoms with Gasteiger partial charge in [0.1, 0.15) is 0 Å². The van der Waals surface area contributed by atoms with E-state index in [1.165, 1.54) is 0 Å². The highest BCUT2D eigenvalue weighted by Gasteiger charge is 2.58. The van der Waals surface area contributed by atoms with Crippen molar-refractivity contribution in [2.24, 2.45) is 5.41 Å². The smallest absolute Gasteiger partial charge is 0.333 e. The quantitative estimate of drug-likeness (QED) is 0.281. The Morgan fingerprint density at radius 1 is 0.933 bits per heavy atom. The number of carbonyl (C=O) groups is 3. The van der Waals surface area contributed by atoms with Gasteiger partial charge in [-0.1, -0.05) is 0 Å². The molecular formula is C5H7O9P. The summed E-state index contributed by atoms with van der Waals surface area (Å²) in [6.07, 6.45) is -1.81. The van der Waals surface area contributed by atoms with Gasteiger partial charge < -0.3 is 25.1 Å². The Kier molecular flexibility index (Phi) is 3.59. The normalized spacial score (nSPS) is 12.1. The van der Waals surface area contributed by atoms with Crippen LogP contribution in [-0.2, 0) is 18.9 Å². The summed E-state index contributed by atoms with van der Waals surface area (Å²) in [5.41, 5.74) is -3.53. The minimum atomic E-state index is -5.09. The Morgan fingerprint density at radius 3 is 1.27 bits per heavy atom. The Hall–Kier alpha value is -1.44. The molecule has 0 radical (unpaired) electrons. The highest BCUT2D eigenvalue weighted by molar-refractivity contribution is 7.52. The summed E-state index contributed by atoms with van der Waals surface area (Å²) in [5, 5.41) is 25.3. The second-order valence-corrected chi connectivity index (χ2v) is 4.29. The van der Waals surface area contributed by atoms with Crippen LogP contribution in [0.1, 0.15) is 0 Å². The summed E-state index contributed by atoms with van der Waals surface area (Å²) >= 11 is 0. The SMILES string of the molecule is O=C(O)C(CP(=O)(O)O)(C(=O)O)C(=O)O. The number of carboxylic acids is 3. The van der Waals surface area contributed by atoms with Crippen LogP contribution in [0.5, 0.6) is 0 Å². The molecule has 0 heterocycles. The molecule has 0 aromatic carbocycles. The van der Waals surface area contributed by atoms with Crippen molar-refractivity contribution < 1.29 is 44.1 Å². The van der Waals surface area contributed by atoms with Crippen LogP contribution < -0.4 is 0 Å². The third kappa shape index (κ3) is 2.75. The van der Waals surface area contributed by atoms with Gasteiger partial charge in [-0.15, -0.1) is 0 Å². The fraction of sp³-hybridized carbons (Fsp3) is 0.400. The Bertz CT molecular complexity index is 315. The lowest BCUT2D eigenvalue weighted by Gasteiger charge is -2.19. The monoisotopic (exact) mass is 242 g/mol. The first kappa shape index (κ1) is 13.6. The molecular weight excluding hydrogens is 235 g/mol. The summed E-state index contributed by atoms with van der Waals surface area (Å²) in [6, 6.07) is 0. The molecule has 0 fully saturated rings. The average molecular weight is 242 g/mol. The first-order valence-electron chi connectivity index (χ1n) is 3.29. The van der Waals surface area contributed by atoms with E-state index in [2.05, 4.69) is 0 Å². The van der Waals surface area contributed by atoms with Crippen molar-refractivity contribution in [1.82, 2.24) is 0 Å². The number of hydrogen-bond acceptors (Lipinski definition) is 4. The van der Waals surface area contributed by atoms with E-state index in [1.54, 1.807) is 0 Å². The van der Waals surface area contributed by atoms with E-state index in [4.69, 9.17) is 25.1 Å². The molecule has 0 bridgehead atoms. The van der Waals surface area contributed by atoms with Gasteiger partial charge in [-0.2, -0.15) is 0 Å². The molecule has 0 saturated carbocycles. The van der Waals surface area contributed by atoms with E-state index < -0.39 is 37.1 Å². The molecule has 0 saturated heterocycles. The van der Waals surface area contributed by atoms with E-state index in [1.807, 2.05) is 0 Å². The first-order chi connectivity index (χ1) is 6.54. The maximum Gasteiger partial charge on any atom is 0.333 e. The summed E-state index contributed by atoms with van der Waals surface area (Å²) in [5.74, 6) is -7.03. The largest absolute Gasteiger partial charge is 0.480 e. The van der Waals surface area contributed by atoms with Crippen molar-refractivity contribution in [2.45, 2.75) is 0 Å². The van der Waals surface area contributed by atoms with E-state index in [-0.39, 0.29) is 0 Å². The molecule has 0 aliphatic carbocycles. The zero-order valence-corrected chi connectivity index (χ0v) is 7.92. The Labute approximate surface area is 82.1 Å². The van der Waals surface area contributed by atoms with Gasteiger partial charge in [-0.05, 0) is 0 Å². The molecule has 86 valence electrons. The number of rotatable bonds is 5. The first-order valence-corrected chi connectivity index (χ1v) is 5.08. The van der Waals surface area contributed by atoms with Crippen LogP contribution in [0.25, 0.3) is 0 Å². The van der Waals surface area contributed by atoms with Crippen LogP contribution in [0.15, 0.2) is 0 Å². The van der Waals surface area contributed by atoms with Crippen molar-refractivity contribution in [3.8, 4) is 0 Å². The van der Waals surface area contributed by atoms with Gasteiger partial charge in [-0.25, -0.2) is 0 Å². The highest BCUT2D eigenvalue weighted by Crippen LogP contribution is 2.42. The second-order valence-electron chi connectivity index (χ2n) is 2.64. The van der Waals surface area contributed by atoms with Gasteiger partial charge in [0, 0.05) is 0 Å². The van der Waals surface area contributed by atoms with Crippen molar-refractivity contribution >= 4 is 25.5 Å². The maximum absolute atomic E-state index is 10.5. The molecule has 0 aliphatic rings. The van der Waals surface area contributed by atoms with E-state index >= 15 is 0 Å². The summed E-state index contributed by atoms with van der Waals surface area (Å²) in [7, 11) is -5.09. The topological polar surface area (TPSA) is 169 Å². The molecule has 0 unspecified atom stereocenters. The molecule has 0 aliphatic heterocycles. The number of carboxylic acid groups (broad SMARTS) is 3. The third-order valence-corrected chi connectivity index (χ3v) is 2.42. The highest BCUT2D eigenvalue weighted by atomic mass is 31.2. The molecule has 0 aromatic heterocycles.